The summed E-state index contributed by atoms with van der Waals surface area (Å²) in [7, 11) is -3.78. The predicted octanol–water partition coefficient (Wildman–Crippen LogP) is 5.24. The normalized spacial score (nSPS) is 15.8. The highest BCUT2D eigenvalue weighted by molar-refractivity contribution is 7.92. The van der Waals surface area contributed by atoms with Gasteiger partial charge in [-0.2, -0.15) is 5.10 Å². The van der Waals surface area contributed by atoms with Gasteiger partial charge in [0.15, 0.2) is 5.78 Å². The smallest absolute Gasteiger partial charge is 0.261 e. The number of sulfonamides is 1. The number of ketones is 1. The van der Waals surface area contributed by atoms with Crippen molar-refractivity contribution in [1.29, 1.82) is 0 Å². The van der Waals surface area contributed by atoms with E-state index in [0.717, 1.165) is 11.3 Å². The number of hydrogen-bond acceptors (Lipinski definition) is 4. The molecule has 0 radical (unpaired) electrons. The first-order valence-electron chi connectivity index (χ1n) is 10.4. The SMILES string of the molecule is O=C1CC(c2ccccc2)Cc2c1cnn2-c1ccc(S(=O)(=O)Nc2cccc(Cl)c2)cc1. The Morgan fingerprint density at radius 3 is 2.42 bits per heavy atom. The lowest BCUT2D eigenvalue weighted by Gasteiger charge is -2.23. The maximum atomic E-state index is 12.8. The summed E-state index contributed by atoms with van der Waals surface area (Å²) in [4.78, 5) is 12.9. The van der Waals surface area contributed by atoms with Gasteiger partial charge in [-0.1, -0.05) is 48.0 Å². The Hall–Kier alpha value is -3.42. The largest absolute Gasteiger partial charge is 0.294 e. The van der Waals surface area contributed by atoms with Crippen LogP contribution in [0.4, 0.5) is 5.69 Å². The molecule has 6 nitrogen and oxygen atoms in total. The summed E-state index contributed by atoms with van der Waals surface area (Å²) in [5.74, 6) is 0.157. The quantitative estimate of drug-likeness (QED) is 0.426. The van der Waals surface area contributed by atoms with Gasteiger partial charge in [0.05, 0.1) is 33.7 Å². The maximum absolute atomic E-state index is 12.8. The van der Waals surface area contributed by atoms with Gasteiger partial charge in [0.25, 0.3) is 10.0 Å². The maximum Gasteiger partial charge on any atom is 0.261 e. The number of halogens is 1. The zero-order valence-corrected chi connectivity index (χ0v) is 19.1. The number of benzene rings is 3. The van der Waals surface area contributed by atoms with Crippen LogP contribution >= 0.6 is 11.6 Å². The lowest BCUT2D eigenvalue weighted by Crippen LogP contribution is -2.20. The van der Waals surface area contributed by atoms with E-state index in [-0.39, 0.29) is 16.6 Å². The molecule has 1 aliphatic carbocycles. The average molecular weight is 478 g/mol. The summed E-state index contributed by atoms with van der Waals surface area (Å²) in [6.07, 6.45) is 2.74. The second-order valence-corrected chi connectivity index (χ2v) is 10.1. The Labute approximate surface area is 196 Å². The Morgan fingerprint density at radius 2 is 1.70 bits per heavy atom. The third kappa shape index (κ3) is 4.29. The number of nitrogens with one attached hydrogen (secondary N) is 1. The summed E-state index contributed by atoms with van der Waals surface area (Å²) < 4.78 is 29.8. The van der Waals surface area contributed by atoms with Crippen LogP contribution in [0, 0.1) is 0 Å². The molecule has 3 aromatic carbocycles. The number of anilines is 1. The second-order valence-electron chi connectivity index (χ2n) is 7.97. The number of rotatable bonds is 5. The Kier molecular flexibility index (Phi) is 5.52. The fourth-order valence-electron chi connectivity index (χ4n) is 4.16. The van der Waals surface area contributed by atoms with Crippen molar-refractivity contribution in [3.8, 4) is 5.69 Å². The van der Waals surface area contributed by atoms with Gasteiger partial charge < -0.3 is 0 Å². The van der Waals surface area contributed by atoms with Crippen molar-refractivity contribution in [2.24, 2.45) is 0 Å². The summed E-state index contributed by atoms with van der Waals surface area (Å²) in [5, 5.41) is 4.87. The minimum absolute atomic E-state index is 0.0706. The van der Waals surface area contributed by atoms with E-state index in [0.29, 0.717) is 34.8 Å². The van der Waals surface area contributed by atoms with Crippen LogP contribution in [0.1, 0.15) is 34.0 Å². The van der Waals surface area contributed by atoms with E-state index in [1.165, 1.54) is 12.1 Å². The molecular formula is C25H20ClN3O3S. The molecule has 1 aromatic heterocycles. The minimum Gasteiger partial charge on any atom is -0.294 e. The molecule has 1 N–H and O–H groups in total. The van der Waals surface area contributed by atoms with Crippen LogP contribution in [0.15, 0.2) is 90.0 Å². The molecule has 0 saturated carbocycles. The van der Waals surface area contributed by atoms with Crippen molar-refractivity contribution in [2.75, 3.05) is 4.72 Å². The number of carbonyl (C=O) groups is 1. The number of Topliss-reactive ketones (excluding diaryl/α,β-unsaturated/α-hetero) is 1. The zero-order valence-electron chi connectivity index (χ0n) is 17.5. The highest BCUT2D eigenvalue weighted by Gasteiger charge is 2.30. The Balaban J connectivity index is 1.42. The monoisotopic (exact) mass is 477 g/mol. The minimum atomic E-state index is -3.78. The van der Waals surface area contributed by atoms with Crippen molar-refractivity contribution in [3.05, 3.63) is 107 Å². The molecule has 1 atom stereocenters. The molecule has 1 heterocycles. The molecule has 1 aliphatic rings. The second kappa shape index (κ2) is 8.50. The van der Waals surface area contributed by atoms with E-state index >= 15 is 0 Å². The third-order valence-corrected chi connectivity index (χ3v) is 7.41. The molecule has 166 valence electrons. The van der Waals surface area contributed by atoms with Crippen LogP contribution in [0.3, 0.4) is 0 Å². The standard InChI is InChI=1S/C25H20ClN3O3S/c26-19-7-4-8-20(15-19)28-33(31,32)22-11-9-21(10-12-22)29-24-13-18(17-5-2-1-3-6-17)14-25(30)23(24)16-27-29/h1-12,15-16,18,28H,13-14H2. The molecule has 4 aromatic rings. The van der Waals surface area contributed by atoms with Gasteiger partial charge in [-0.3, -0.25) is 9.52 Å². The highest BCUT2D eigenvalue weighted by atomic mass is 35.5. The fourth-order valence-corrected chi connectivity index (χ4v) is 5.40. The Bertz CT molecular complexity index is 1430. The van der Waals surface area contributed by atoms with Crippen molar-refractivity contribution in [1.82, 2.24) is 9.78 Å². The molecule has 5 rings (SSSR count). The van der Waals surface area contributed by atoms with E-state index < -0.39 is 10.0 Å². The van der Waals surface area contributed by atoms with Crippen LogP contribution in [-0.2, 0) is 16.4 Å². The zero-order chi connectivity index (χ0) is 23.0. The molecule has 0 spiro atoms. The lowest BCUT2D eigenvalue weighted by molar-refractivity contribution is 0.0963. The molecular weight excluding hydrogens is 458 g/mol. The molecule has 8 heteroatoms. The van der Waals surface area contributed by atoms with Gasteiger partial charge in [-0.25, -0.2) is 13.1 Å². The first-order chi connectivity index (χ1) is 15.9. The van der Waals surface area contributed by atoms with Crippen molar-refractivity contribution in [3.63, 3.8) is 0 Å². The van der Waals surface area contributed by atoms with Crippen molar-refractivity contribution in [2.45, 2.75) is 23.7 Å². The van der Waals surface area contributed by atoms with Crippen LogP contribution in [-0.4, -0.2) is 24.0 Å². The first kappa shape index (κ1) is 21.4. The van der Waals surface area contributed by atoms with Crippen LogP contribution in [0.25, 0.3) is 5.69 Å². The number of hydrogen-bond donors (Lipinski definition) is 1. The molecule has 0 amide bonds. The molecule has 33 heavy (non-hydrogen) atoms. The molecule has 0 aliphatic heterocycles. The van der Waals surface area contributed by atoms with E-state index in [1.54, 1.807) is 47.3 Å². The molecule has 0 saturated heterocycles. The summed E-state index contributed by atoms with van der Waals surface area (Å²) in [6.45, 7) is 0. The lowest BCUT2D eigenvalue weighted by atomic mass is 9.82. The van der Waals surface area contributed by atoms with Crippen molar-refractivity contribution >= 4 is 33.1 Å². The molecule has 0 fully saturated rings. The van der Waals surface area contributed by atoms with Crippen LogP contribution < -0.4 is 4.72 Å². The van der Waals surface area contributed by atoms with Gasteiger partial charge in [0, 0.05) is 11.4 Å². The van der Waals surface area contributed by atoms with Gasteiger partial charge in [0.1, 0.15) is 0 Å². The number of fused-ring (bicyclic) bond motifs is 1. The van der Waals surface area contributed by atoms with E-state index in [4.69, 9.17) is 11.6 Å². The predicted molar refractivity (Wildman–Crippen MR) is 128 cm³/mol. The molecule has 1 unspecified atom stereocenters. The van der Waals surface area contributed by atoms with Crippen LogP contribution in [0.2, 0.25) is 5.02 Å². The summed E-state index contributed by atoms with van der Waals surface area (Å²) in [6, 6.07) is 22.9. The van der Waals surface area contributed by atoms with E-state index in [9.17, 15) is 13.2 Å². The van der Waals surface area contributed by atoms with Gasteiger partial charge in [0.2, 0.25) is 0 Å². The Morgan fingerprint density at radius 1 is 0.939 bits per heavy atom. The van der Waals surface area contributed by atoms with Crippen LogP contribution in [0.5, 0.6) is 0 Å². The highest BCUT2D eigenvalue weighted by Crippen LogP contribution is 2.33. The van der Waals surface area contributed by atoms with Crippen molar-refractivity contribution < 1.29 is 13.2 Å². The first-order valence-corrected chi connectivity index (χ1v) is 12.3. The summed E-state index contributed by atoms with van der Waals surface area (Å²) in [5.41, 5.74) is 3.67. The summed E-state index contributed by atoms with van der Waals surface area (Å²) >= 11 is 5.95. The third-order valence-electron chi connectivity index (χ3n) is 5.78. The fraction of sp³-hybridized carbons (Fsp3) is 0.120. The van der Waals surface area contributed by atoms with Gasteiger partial charge in [-0.15, -0.1) is 0 Å². The van der Waals surface area contributed by atoms with Gasteiger partial charge >= 0.3 is 0 Å². The number of aromatic nitrogens is 2. The topological polar surface area (TPSA) is 81.1 Å². The van der Waals surface area contributed by atoms with Gasteiger partial charge in [-0.05, 0) is 60.4 Å². The number of carbonyl (C=O) groups excluding carboxylic acids is 1. The van der Waals surface area contributed by atoms with E-state index in [2.05, 4.69) is 9.82 Å². The average Bonchev–Trinajstić information content (AvgIpc) is 3.24. The molecule has 0 bridgehead atoms. The number of nitrogens with zero attached hydrogens (tertiary/aromatic N) is 2. The van der Waals surface area contributed by atoms with E-state index in [1.807, 2.05) is 30.3 Å².